The summed E-state index contributed by atoms with van der Waals surface area (Å²) in [4.78, 5) is 2.41. The quantitative estimate of drug-likeness (QED) is 0.825. The lowest BCUT2D eigenvalue weighted by Crippen LogP contribution is -2.51. The molecule has 2 heterocycles. The lowest BCUT2D eigenvalue weighted by atomic mass is 9.89. The molecule has 4 nitrogen and oxygen atoms in total. The summed E-state index contributed by atoms with van der Waals surface area (Å²) in [5, 5.41) is 3.61. The maximum atomic E-state index is 11.4. The van der Waals surface area contributed by atoms with Gasteiger partial charge in [0, 0.05) is 18.6 Å². The van der Waals surface area contributed by atoms with Crippen LogP contribution in [0.25, 0.3) is 0 Å². The van der Waals surface area contributed by atoms with E-state index in [2.05, 4.69) is 31.1 Å². The van der Waals surface area contributed by atoms with Gasteiger partial charge in [-0.1, -0.05) is 6.92 Å². The summed E-state index contributed by atoms with van der Waals surface area (Å²) in [6.07, 6.45) is 2.00. The Hall–Kier alpha value is -0.130. The van der Waals surface area contributed by atoms with Crippen LogP contribution in [0.3, 0.4) is 0 Å². The van der Waals surface area contributed by atoms with Gasteiger partial charge in [0.1, 0.15) is 0 Å². The van der Waals surface area contributed by atoms with Crippen molar-refractivity contribution in [1.82, 2.24) is 10.2 Å². The molecule has 4 unspecified atom stereocenters. The first-order chi connectivity index (χ1) is 8.37. The van der Waals surface area contributed by atoms with Gasteiger partial charge in [0.25, 0.3) is 0 Å². The zero-order chi connectivity index (χ0) is 13.3. The fraction of sp³-hybridized carbons (Fsp3) is 1.00. The van der Waals surface area contributed by atoms with Crippen molar-refractivity contribution in [3.05, 3.63) is 0 Å². The number of hydrogen-bond donors (Lipinski definition) is 1. The lowest BCUT2D eigenvalue weighted by molar-refractivity contribution is 0.120. The van der Waals surface area contributed by atoms with Crippen molar-refractivity contribution in [2.75, 3.05) is 31.6 Å². The van der Waals surface area contributed by atoms with Crippen LogP contribution in [0.4, 0.5) is 0 Å². The van der Waals surface area contributed by atoms with Crippen molar-refractivity contribution >= 4 is 9.84 Å². The number of hydrogen-bond acceptors (Lipinski definition) is 4. The predicted octanol–water partition coefficient (Wildman–Crippen LogP) is 0.739. The molecule has 0 saturated carbocycles. The van der Waals surface area contributed by atoms with Crippen LogP contribution in [0.15, 0.2) is 0 Å². The maximum absolute atomic E-state index is 11.4. The average Bonchev–Trinajstić information content (AvgIpc) is 2.62. The molecule has 2 fully saturated rings. The monoisotopic (exact) mass is 274 g/mol. The standard InChI is InChI=1S/C13H26N2O2S/c1-10-8-15(3)11(2)6-13(10)14-7-12-4-5-18(16,17)9-12/h10-14H,4-9H2,1-3H3. The fourth-order valence-electron chi connectivity index (χ4n) is 3.18. The summed E-state index contributed by atoms with van der Waals surface area (Å²) in [6.45, 7) is 6.54. The Morgan fingerprint density at radius 1 is 1.33 bits per heavy atom. The topological polar surface area (TPSA) is 49.4 Å². The lowest BCUT2D eigenvalue weighted by Gasteiger charge is -2.40. The third-order valence-electron chi connectivity index (χ3n) is 4.61. The fourth-order valence-corrected chi connectivity index (χ4v) is 5.04. The molecule has 2 saturated heterocycles. The molecule has 2 aliphatic rings. The first kappa shape index (κ1) is 14.3. The van der Waals surface area contributed by atoms with E-state index in [-0.39, 0.29) is 0 Å². The number of nitrogens with zero attached hydrogens (tertiary/aromatic N) is 1. The maximum Gasteiger partial charge on any atom is 0.150 e. The second kappa shape index (κ2) is 5.47. The smallest absolute Gasteiger partial charge is 0.150 e. The minimum atomic E-state index is -2.73. The molecule has 0 amide bonds. The van der Waals surface area contributed by atoms with Gasteiger partial charge >= 0.3 is 0 Å². The van der Waals surface area contributed by atoms with Crippen molar-refractivity contribution in [2.24, 2.45) is 11.8 Å². The van der Waals surface area contributed by atoms with Gasteiger partial charge in [-0.05, 0) is 45.2 Å². The molecule has 18 heavy (non-hydrogen) atoms. The summed E-state index contributed by atoms with van der Waals surface area (Å²) >= 11 is 0. The first-order valence-electron chi connectivity index (χ1n) is 7.01. The molecule has 0 aromatic rings. The summed E-state index contributed by atoms with van der Waals surface area (Å²) in [5.74, 6) is 1.75. The molecule has 2 rings (SSSR count). The van der Waals surface area contributed by atoms with Crippen LogP contribution in [-0.2, 0) is 9.84 Å². The zero-order valence-corrected chi connectivity index (χ0v) is 12.5. The van der Waals surface area contributed by atoms with E-state index in [4.69, 9.17) is 0 Å². The zero-order valence-electron chi connectivity index (χ0n) is 11.7. The minimum Gasteiger partial charge on any atom is -0.313 e. The highest BCUT2D eigenvalue weighted by molar-refractivity contribution is 7.91. The Morgan fingerprint density at radius 3 is 2.67 bits per heavy atom. The number of likely N-dealkylation sites (tertiary alicyclic amines) is 1. The Kier molecular flexibility index (Phi) is 4.34. The normalized spacial score (nSPS) is 41.1. The van der Waals surface area contributed by atoms with E-state index in [0.29, 0.717) is 35.4 Å². The van der Waals surface area contributed by atoms with E-state index in [1.165, 1.54) is 0 Å². The van der Waals surface area contributed by atoms with Crippen LogP contribution in [0, 0.1) is 11.8 Å². The predicted molar refractivity (Wildman–Crippen MR) is 74.4 cm³/mol. The van der Waals surface area contributed by atoms with Crippen molar-refractivity contribution in [2.45, 2.75) is 38.8 Å². The molecule has 0 spiro atoms. The van der Waals surface area contributed by atoms with E-state index in [1.54, 1.807) is 0 Å². The molecular formula is C13H26N2O2S. The van der Waals surface area contributed by atoms with Crippen LogP contribution in [0.2, 0.25) is 0 Å². The average molecular weight is 274 g/mol. The van der Waals surface area contributed by atoms with Crippen molar-refractivity contribution < 1.29 is 8.42 Å². The van der Waals surface area contributed by atoms with E-state index in [0.717, 1.165) is 25.9 Å². The molecule has 1 N–H and O–H groups in total. The van der Waals surface area contributed by atoms with E-state index in [9.17, 15) is 8.42 Å². The summed E-state index contributed by atoms with van der Waals surface area (Å²) in [6, 6.07) is 1.16. The van der Waals surface area contributed by atoms with Gasteiger partial charge in [0.05, 0.1) is 11.5 Å². The Labute approximate surface area is 111 Å². The molecule has 2 aliphatic heterocycles. The second-order valence-corrected chi connectivity index (χ2v) is 8.51. The van der Waals surface area contributed by atoms with Crippen molar-refractivity contribution in [1.29, 1.82) is 0 Å². The highest BCUT2D eigenvalue weighted by Crippen LogP contribution is 2.22. The third-order valence-corrected chi connectivity index (χ3v) is 6.44. The van der Waals surface area contributed by atoms with Crippen LogP contribution < -0.4 is 5.32 Å². The van der Waals surface area contributed by atoms with Crippen LogP contribution in [0.5, 0.6) is 0 Å². The van der Waals surface area contributed by atoms with E-state index < -0.39 is 9.84 Å². The molecule has 0 aliphatic carbocycles. The first-order valence-corrected chi connectivity index (χ1v) is 8.83. The number of sulfone groups is 1. The van der Waals surface area contributed by atoms with Gasteiger partial charge in [0.2, 0.25) is 0 Å². The molecule has 0 aromatic heterocycles. The van der Waals surface area contributed by atoms with Gasteiger partial charge in [-0.2, -0.15) is 0 Å². The highest BCUT2D eigenvalue weighted by Gasteiger charge is 2.31. The largest absolute Gasteiger partial charge is 0.313 e. The second-order valence-electron chi connectivity index (χ2n) is 6.29. The molecule has 5 heteroatoms. The number of rotatable bonds is 3. The van der Waals surface area contributed by atoms with Gasteiger partial charge in [-0.3, -0.25) is 0 Å². The minimum absolute atomic E-state index is 0.331. The Bertz CT molecular complexity index is 382. The number of nitrogens with one attached hydrogen (secondary N) is 1. The van der Waals surface area contributed by atoms with Crippen LogP contribution >= 0.6 is 0 Å². The molecule has 0 aromatic carbocycles. The molecular weight excluding hydrogens is 248 g/mol. The molecule has 106 valence electrons. The Morgan fingerprint density at radius 2 is 2.06 bits per heavy atom. The SMILES string of the molecule is CC1CN(C)C(C)CC1NCC1CCS(=O)(=O)C1. The van der Waals surface area contributed by atoms with Gasteiger partial charge in [-0.15, -0.1) is 0 Å². The van der Waals surface area contributed by atoms with E-state index in [1.807, 2.05) is 0 Å². The third kappa shape index (κ3) is 3.45. The van der Waals surface area contributed by atoms with Crippen molar-refractivity contribution in [3.63, 3.8) is 0 Å². The van der Waals surface area contributed by atoms with Gasteiger partial charge in [-0.25, -0.2) is 8.42 Å². The Balaban J connectivity index is 1.80. The highest BCUT2D eigenvalue weighted by atomic mass is 32.2. The van der Waals surface area contributed by atoms with Gasteiger partial charge in [0.15, 0.2) is 9.84 Å². The number of piperidine rings is 1. The molecule has 4 atom stereocenters. The summed E-state index contributed by atoms with van der Waals surface area (Å²) < 4.78 is 22.8. The van der Waals surface area contributed by atoms with Crippen LogP contribution in [-0.4, -0.2) is 57.0 Å². The van der Waals surface area contributed by atoms with Crippen molar-refractivity contribution in [3.8, 4) is 0 Å². The summed E-state index contributed by atoms with van der Waals surface area (Å²) in [7, 11) is -0.548. The summed E-state index contributed by atoms with van der Waals surface area (Å²) in [5.41, 5.74) is 0. The van der Waals surface area contributed by atoms with E-state index >= 15 is 0 Å². The molecule has 0 radical (unpaired) electrons. The van der Waals surface area contributed by atoms with Gasteiger partial charge < -0.3 is 10.2 Å². The molecule has 0 bridgehead atoms. The van der Waals surface area contributed by atoms with Crippen LogP contribution in [0.1, 0.15) is 26.7 Å².